The molecular formula is C17H21N3O3S. The van der Waals surface area contributed by atoms with Crippen LogP contribution in [0.2, 0.25) is 0 Å². The van der Waals surface area contributed by atoms with E-state index in [1.807, 2.05) is 0 Å². The van der Waals surface area contributed by atoms with Gasteiger partial charge in [-0.2, -0.15) is 0 Å². The molecule has 2 aromatic rings. The highest BCUT2D eigenvalue weighted by atomic mass is 32.1. The van der Waals surface area contributed by atoms with E-state index in [1.54, 1.807) is 12.1 Å². The number of benzene rings is 1. The number of aromatic amines is 1. The number of hydrogen-bond acceptors (Lipinski definition) is 5. The van der Waals surface area contributed by atoms with Crippen molar-refractivity contribution in [2.75, 3.05) is 7.05 Å². The van der Waals surface area contributed by atoms with E-state index in [4.69, 9.17) is 0 Å². The summed E-state index contributed by atoms with van der Waals surface area (Å²) in [4.78, 5) is 28.4. The summed E-state index contributed by atoms with van der Waals surface area (Å²) in [5, 5.41) is 11.0. The zero-order valence-electron chi connectivity index (χ0n) is 13.7. The predicted molar refractivity (Wildman–Crippen MR) is 95.4 cm³/mol. The van der Waals surface area contributed by atoms with Crippen LogP contribution in [0.5, 0.6) is 0 Å². The lowest BCUT2D eigenvalue weighted by atomic mass is 9.94. The molecule has 0 spiro atoms. The average Bonchev–Trinajstić information content (AvgIpc) is 2.96. The maximum absolute atomic E-state index is 11.9. The van der Waals surface area contributed by atoms with Crippen molar-refractivity contribution < 1.29 is 4.92 Å². The Morgan fingerprint density at radius 2 is 2.08 bits per heavy atom. The van der Waals surface area contributed by atoms with Crippen LogP contribution in [0.4, 0.5) is 5.69 Å². The highest BCUT2D eigenvalue weighted by Crippen LogP contribution is 2.29. The molecule has 1 aromatic heterocycles. The number of thiazole rings is 1. The molecule has 0 aliphatic heterocycles. The summed E-state index contributed by atoms with van der Waals surface area (Å²) in [5.41, 5.74) is 1.43. The van der Waals surface area contributed by atoms with Gasteiger partial charge in [0.15, 0.2) is 0 Å². The molecule has 0 unspecified atom stereocenters. The van der Waals surface area contributed by atoms with Crippen LogP contribution in [-0.4, -0.2) is 27.9 Å². The first-order chi connectivity index (χ1) is 11.5. The van der Waals surface area contributed by atoms with Crippen LogP contribution in [-0.2, 0) is 6.54 Å². The Kier molecular flexibility index (Phi) is 5.11. The molecule has 6 nitrogen and oxygen atoms in total. The van der Waals surface area contributed by atoms with Crippen molar-refractivity contribution in [3.8, 4) is 11.3 Å². The van der Waals surface area contributed by atoms with Gasteiger partial charge in [-0.3, -0.25) is 19.8 Å². The fourth-order valence-electron chi connectivity index (χ4n) is 3.36. The molecule has 24 heavy (non-hydrogen) atoms. The van der Waals surface area contributed by atoms with Gasteiger partial charge < -0.3 is 4.98 Å². The Hall–Kier alpha value is -1.99. The van der Waals surface area contributed by atoms with Crippen molar-refractivity contribution in [1.29, 1.82) is 0 Å². The lowest BCUT2D eigenvalue weighted by Crippen LogP contribution is -2.32. The summed E-state index contributed by atoms with van der Waals surface area (Å²) in [6.07, 6.45) is 6.22. The molecule has 3 rings (SSSR count). The number of aromatic nitrogens is 1. The number of H-pyrrole nitrogens is 1. The first-order valence-electron chi connectivity index (χ1n) is 8.21. The molecule has 0 radical (unpaired) electrons. The van der Waals surface area contributed by atoms with E-state index >= 15 is 0 Å². The summed E-state index contributed by atoms with van der Waals surface area (Å²) < 4.78 is 0. The van der Waals surface area contributed by atoms with E-state index in [2.05, 4.69) is 16.9 Å². The Balaban J connectivity index is 1.86. The number of hydrogen-bond donors (Lipinski definition) is 1. The van der Waals surface area contributed by atoms with Gasteiger partial charge >= 0.3 is 4.87 Å². The number of nitro benzene ring substituents is 1. The van der Waals surface area contributed by atoms with E-state index in [-0.39, 0.29) is 10.6 Å². The number of rotatable bonds is 5. The van der Waals surface area contributed by atoms with Crippen molar-refractivity contribution in [2.45, 2.75) is 44.7 Å². The third-order valence-corrected chi connectivity index (χ3v) is 5.53. The van der Waals surface area contributed by atoms with Gasteiger partial charge in [-0.05, 0) is 19.9 Å². The number of non-ortho nitro benzene ring substituents is 1. The quantitative estimate of drug-likeness (QED) is 0.659. The number of nitro groups is 1. The molecule has 0 bridgehead atoms. The van der Waals surface area contributed by atoms with Crippen LogP contribution in [0.1, 0.15) is 37.0 Å². The molecule has 0 atom stereocenters. The largest absolute Gasteiger partial charge is 0.312 e. The average molecular weight is 347 g/mol. The third kappa shape index (κ3) is 3.73. The molecule has 1 saturated carbocycles. The first-order valence-corrected chi connectivity index (χ1v) is 9.03. The molecule has 1 aliphatic carbocycles. The van der Waals surface area contributed by atoms with Gasteiger partial charge in [0.25, 0.3) is 5.69 Å². The second-order valence-corrected chi connectivity index (χ2v) is 7.39. The number of nitrogens with one attached hydrogen (secondary N) is 1. The molecule has 1 aromatic carbocycles. The van der Waals surface area contributed by atoms with Gasteiger partial charge in [0.05, 0.1) is 10.6 Å². The summed E-state index contributed by atoms with van der Waals surface area (Å²) >= 11 is 1.19. The van der Waals surface area contributed by atoms with E-state index in [9.17, 15) is 14.9 Å². The number of nitrogens with zero attached hydrogens (tertiary/aromatic N) is 2. The zero-order valence-corrected chi connectivity index (χ0v) is 14.5. The maximum Gasteiger partial charge on any atom is 0.305 e. The molecule has 1 heterocycles. The van der Waals surface area contributed by atoms with Crippen molar-refractivity contribution in [3.63, 3.8) is 0 Å². The summed E-state index contributed by atoms with van der Waals surface area (Å²) in [6, 6.07) is 6.98. The van der Waals surface area contributed by atoms with Crippen molar-refractivity contribution in [1.82, 2.24) is 9.88 Å². The Morgan fingerprint density at radius 1 is 1.33 bits per heavy atom. The van der Waals surface area contributed by atoms with Crippen molar-refractivity contribution >= 4 is 17.0 Å². The fraction of sp³-hybridized carbons (Fsp3) is 0.471. The van der Waals surface area contributed by atoms with Crippen LogP contribution in [0, 0.1) is 10.1 Å². The fourth-order valence-corrected chi connectivity index (χ4v) is 4.27. The zero-order chi connectivity index (χ0) is 17.1. The molecule has 0 saturated heterocycles. The van der Waals surface area contributed by atoms with Crippen LogP contribution in [0.25, 0.3) is 11.3 Å². The smallest absolute Gasteiger partial charge is 0.305 e. The minimum absolute atomic E-state index is 0.0335. The summed E-state index contributed by atoms with van der Waals surface area (Å²) in [6.45, 7) is 0.687. The summed E-state index contributed by atoms with van der Waals surface area (Å²) in [7, 11) is 2.09. The van der Waals surface area contributed by atoms with Crippen molar-refractivity contribution in [3.05, 3.63) is 48.9 Å². The second kappa shape index (κ2) is 7.27. The first kappa shape index (κ1) is 16.9. The van der Waals surface area contributed by atoms with Gasteiger partial charge in [-0.1, -0.05) is 42.7 Å². The third-order valence-electron chi connectivity index (χ3n) is 4.66. The maximum atomic E-state index is 11.9. The van der Waals surface area contributed by atoms with Crippen LogP contribution >= 0.6 is 11.3 Å². The Bertz CT molecular complexity index is 777. The molecule has 1 N–H and O–H groups in total. The molecule has 7 heteroatoms. The van der Waals surface area contributed by atoms with Gasteiger partial charge in [-0.25, -0.2) is 0 Å². The Labute approximate surface area is 144 Å². The highest BCUT2D eigenvalue weighted by molar-refractivity contribution is 7.09. The summed E-state index contributed by atoms with van der Waals surface area (Å²) in [5.74, 6) is 0. The molecule has 128 valence electrons. The monoisotopic (exact) mass is 347 g/mol. The molecular weight excluding hydrogens is 326 g/mol. The molecule has 1 fully saturated rings. The highest BCUT2D eigenvalue weighted by Gasteiger charge is 2.21. The minimum atomic E-state index is -0.415. The van der Waals surface area contributed by atoms with E-state index in [0.29, 0.717) is 23.8 Å². The molecule has 0 amide bonds. The van der Waals surface area contributed by atoms with Crippen molar-refractivity contribution in [2.24, 2.45) is 0 Å². The second-order valence-electron chi connectivity index (χ2n) is 6.33. The van der Waals surface area contributed by atoms with Crippen LogP contribution in [0.15, 0.2) is 29.1 Å². The topological polar surface area (TPSA) is 79.2 Å². The lowest BCUT2D eigenvalue weighted by molar-refractivity contribution is -0.384. The standard InChI is InChI=1S/C17H21N3O3S/c1-19(13-7-3-2-4-8-13)11-15-16(18-17(21)24-15)12-6-5-9-14(10-12)20(22)23/h5-6,9-10,13H,2-4,7-8,11H2,1H3,(H,18,21). The van der Waals surface area contributed by atoms with Crippen LogP contribution in [0.3, 0.4) is 0 Å². The van der Waals surface area contributed by atoms with E-state index < -0.39 is 4.92 Å². The van der Waals surface area contributed by atoms with Gasteiger partial charge in [0.1, 0.15) is 0 Å². The van der Waals surface area contributed by atoms with E-state index in [0.717, 1.165) is 4.88 Å². The lowest BCUT2D eigenvalue weighted by Gasteiger charge is -2.30. The van der Waals surface area contributed by atoms with Crippen LogP contribution < -0.4 is 4.87 Å². The normalized spacial score (nSPS) is 15.8. The Morgan fingerprint density at radius 3 is 2.79 bits per heavy atom. The van der Waals surface area contributed by atoms with Gasteiger partial charge in [0, 0.05) is 35.2 Å². The van der Waals surface area contributed by atoms with Gasteiger partial charge in [0.2, 0.25) is 0 Å². The van der Waals surface area contributed by atoms with E-state index in [1.165, 1.54) is 55.6 Å². The molecule has 1 aliphatic rings. The minimum Gasteiger partial charge on any atom is -0.312 e. The SMILES string of the molecule is CN(Cc1sc(=O)[nH]c1-c1cccc([N+](=O)[O-])c1)C1CCCCC1. The van der Waals surface area contributed by atoms with Gasteiger partial charge in [-0.15, -0.1) is 0 Å². The predicted octanol–water partition coefficient (Wildman–Crippen LogP) is 3.78.